The molecule has 0 spiro atoms. The molecule has 6 heteroatoms. The normalized spacial score (nSPS) is 20.2. The molecule has 3 nitrogen and oxygen atoms in total. The van der Waals surface area contributed by atoms with Crippen molar-refractivity contribution >= 4 is 21.8 Å². The number of piperazine rings is 1. The minimum atomic E-state index is -0.825. The summed E-state index contributed by atoms with van der Waals surface area (Å²) in [5.74, 6) is -2.22. The van der Waals surface area contributed by atoms with Gasteiger partial charge in [0.2, 0.25) is 0 Å². The van der Waals surface area contributed by atoms with Gasteiger partial charge >= 0.3 is 0 Å². The molecule has 0 aromatic heterocycles. The van der Waals surface area contributed by atoms with E-state index >= 15 is 0 Å². The Labute approximate surface area is 125 Å². The Bertz CT molecular complexity index is 501. The summed E-state index contributed by atoms with van der Waals surface area (Å²) in [6, 6.07) is 2.46. The fourth-order valence-electron chi connectivity index (χ4n) is 2.48. The quantitative estimate of drug-likeness (QED) is 0.821. The van der Waals surface area contributed by atoms with Gasteiger partial charge < -0.3 is 4.90 Å². The van der Waals surface area contributed by atoms with Crippen LogP contribution in [0.25, 0.3) is 0 Å². The summed E-state index contributed by atoms with van der Waals surface area (Å²) in [6.45, 7) is 3.74. The third-order valence-electron chi connectivity index (χ3n) is 3.76. The van der Waals surface area contributed by atoms with E-state index in [1.54, 1.807) is 0 Å². The number of hydrogen-bond acceptors (Lipinski definition) is 2. The van der Waals surface area contributed by atoms with Gasteiger partial charge in [-0.2, -0.15) is 0 Å². The van der Waals surface area contributed by atoms with E-state index < -0.39 is 23.1 Å². The molecule has 1 unspecified atom stereocenters. The fraction of sp³-hybridized carbons (Fsp3) is 0.500. The van der Waals surface area contributed by atoms with Gasteiger partial charge in [0, 0.05) is 30.1 Å². The first-order valence-corrected chi connectivity index (χ1v) is 7.37. The summed E-state index contributed by atoms with van der Waals surface area (Å²) in [5, 5.41) is 0. The summed E-state index contributed by atoms with van der Waals surface area (Å²) in [4.78, 5) is 16.0. The van der Waals surface area contributed by atoms with Gasteiger partial charge in [0.1, 0.15) is 17.2 Å². The van der Waals surface area contributed by atoms with Gasteiger partial charge in [-0.3, -0.25) is 9.69 Å². The van der Waals surface area contributed by atoms with Crippen molar-refractivity contribution in [2.75, 3.05) is 26.7 Å². The first-order chi connectivity index (χ1) is 9.43. The van der Waals surface area contributed by atoms with E-state index in [2.05, 4.69) is 20.8 Å². The Morgan fingerprint density at radius 3 is 2.50 bits per heavy atom. The van der Waals surface area contributed by atoms with E-state index in [9.17, 15) is 13.6 Å². The number of nitrogens with zero attached hydrogens (tertiary/aromatic N) is 2. The molecule has 1 aromatic carbocycles. The molecule has 1 fully saturated rings. The van der Waals surface area contributed by atoms with Gasteiger partial charge in [-0.1, -0.05) is 22.9 Å². The Morgan fingerprint density at radius 2 is 1.95 bits per heavy atom. The third kappa shape index (κ3) is 3.01. The van der Waals surface area contributed by atoms with Crippen LogP contribution in [0.4, 0.5) is 8.78 Å². The first-order valence-electron chi connectivity index (χ1n) is 6.58. The number of likely N-dealkylation sites (N-methyl/N-ethyl adjacent to an activating group) is 1. The van der Waals surface area contributed by atoms with Crippen LogP contribution in [-0.2, 0) is 0 Å². The van der Waals surface area contributed by atoms with Crippen LogP contribution < -0.4 is 0 Å². The molecular weight excluding hydrogens is 330 g/mol. The number of hydrogen-bond donors (Lipinski definition) is 0. The highest BCUT2D eigenvalue weighted by atomic mass is 79.9. The van der Waals surface area contributed by atoms with Crippen molar-refractivity contribution in [3.05, 3.63) is 33.8 Å². The van der Waals surface area contributed by atoms with Crippen LogP contribution >= 0.6 is 15.9 Å². The molecule has 110 valence electrons. The molecule has 1 aliphatic heterocycles. The molecule has 1 aliphatic rings. The maximum atomic E-state index is 13.8. The summed E-state index contributed by atoms with van der Waals surface area (Å²) in [5.41, 5.74) is -0.465. The maximum Gasteiger partial charge on any atom is 0.259 e. The monoisotopic (exact) mass is 346 g/mol. The van der Waals surface area contributed by atoms with E-state index in [1.807, 2.05) is 14.0 Å². The van der Waals surface area contributed by atoms with E-state index in [-0.39, 0.29) is 10.5 Å². The molecule has 1 atom stereocenters. The van der Waals surface area contributed by atoms with Crippen molar-refractivity contribution in [3.8, 4) is 0 Å². The average molecular weight is 347 g/mol. The van der Waals surface area contributed by atoms with Gasteiger partial charge in [-0.25, -0.2) is 8.78 Å². The maximum absolute atomic E-state index is 13.8. The Kier molecular flexibility index (Phi) is 4.75. The number of amides is 1. The second-order valence-corrected chi connectivity index (χ2v) is 5.95. The molecule has 0 aliphatic carbocycles. The lowest BCUT2D eigenvalue weighted by Crippen LogP contribution is -2.53. The van der Waals surface area contributed by atoms with Crippen molar-refractivity contribution in [1.29, 1.82) is 0 Å². The number of carbonyl (C=O) groups is 1. The Morgan fingerprint density at radius 1 is 1.35 bits per heavy atom. The van der Waals surface area contributed by atoms with Crippen LogP contribution in [0.3, 0.4) is 0 Å². The molecule has 0 bridgehead atoms. The smallest absolute Gasteiger partial charge is 0.259 e. The molecule has 0 radical (unpaired) electrons. The SMILES string of the molecule is CCC1CN(C(=O)c2c(F)cc(Br)cc2F)CCN1C. The zero-order valence-corrected chi connectivity index (χ0v) is 13.1. The van der Waals surface area contributed by atoms with Crippen molar-refractivity contribution < 1.29 is 13.6 Å². The van der Waals surface area contributed by atoms with E-state index in [1.165, 1.54) is 4.90 Å². The lowest BCUT2D eigenvalue weighted by molar-refractivity contribution is 0.0533. The van der Waals surface area contributed by atoms with Crippen LogP contribution in [0, 0.1) is 11.6 Å². The minimum absolute atomic E-state index is 0.231. The van der Waals surface area contributed by atoms with Crippen LogP contribution in [0.2, 0.25) is 0 Å². The lowest BCUT2D eigenvalue weighted by Gasteiger charge is -2.39. The van der Waals surface area contributed by atoms with E-state index in [0.717, 1.165) is 18.6 Å². The summed E-state index contributed by atoms with van der Waals surface area (Å²) in [7, 11) is 2.00. The van der Waals surface area contributed by atoms with Crippen molar-refractivity contribution in [2.24, 2.45) is 0 Å². The molecule has 1 saturated heterocycles. The van der Waals surface area contributed by atoms with Gasteiger partial charge in [-0.15, -0.1) is 0 Å². The second-order valence-electron chi connectivity index (χ2n) is 5.04. The summed E-state index contributed by atoms with van der Waals surface area (Å²) in [6.07, 6.45) is 0.894. The molecule has 1 heterocycles. The first kappa shape index (κ1) is 15.4. The standard InChI is InChI=1S/C14H17BrF2N2O/c1-3-10-8-19(5-4-18(10)2)14(20)13-11(16)6-9(15)7-12(13)17/h6-7,10H,3-5,8H2,1-2H3. The molecule has 20 heavy (non-hydrogen) atoms. The lowest BCUT2D eigenvalue weighted by atomic mass is 10.1. The molecule has 1 amide bonds. The highest BCUT2D eigenvalue weighted by Crippen LogP contribution is 2.22. The second kappa shape index (κ2) is 6.18. The summed E-state index contributed by atoms with van der Waals surface area (Å²) < 4.78 is 28.0. The average Bonchev–Trinajstić information content (AvgIpc) is 2.37. The summed E-state index contributed by atoms with van der Waals surface area (Å²) >= 11 is 3.01. The van der Waals surface area contributed by atoms with Gasteiger partial charge in [-0.05, 0) is 25.6 Å². The molecule has 1 aromatic rings. The van der Waals surface area contributed by atoms with Crippen LogP contribution in [0.15, 0.2) is 16.6 Å². The van der Waals surface area contributed by atoms with Gasteiger partial charge in [0.15, 0.2) is 0 Å². The van der Waals surface area contributed by atoms with Crippen molar-refractivity contribution in [3.63, 3.8) is 0 Å². The molecule has 0 saturated carbocycles. The molecular formula is C14H17BrF2N2O. The van der Waals surface area contributed by atoms with Gasteiger partial charge in [0.05, 0.1) is 0 Å². The van der Waals surface area contributed by atoms with Crippen LogP contribution in [-0.4, -0.2) is 48.4 Å². The van der Waals surface area contributed by atoms with Crippen LogP contribution in [0.1, 0.15) is 23.7 Å². The third-order valence-corrected chi connectivity index (χ3v) is 4.21. The highest BCUT2D eigenvalue weighted by molar-refractivity contribution is 9.10. The number of carbonyl (C=O) groups excluding carboxylic acids is 1. The fourth-order valence-corrected chi connectivity index (χ4v) is 2.88. The Hall–Kier alpha value is -1.01. The van der Waals surface area contributed by atoms with Crippen LogP contribution in [0.5, 0.6) is 0 Å². The van der Waals surface area contributed by atoms with Crippen molar-refractivity contribution in [2.45, 2.75) is 19.4 Å². The number of rotatable bonds is 2. The molecule has 2 rings (SSSR count). The topological polar surface area (TPSA) is 23.6 Å². The number of benzene rings is 1. The van der Waals surface area contributed by atoms with E-state index in [0.29, 0.717) is 19.6 Å². The largest absolute Gasteiger partial charge is 0.336 e. The van der Waals surface area contributed by atoms with Gasteiger partial charge in [0.25, 0.3) is 5.91 Å². The highest BCUT2D eigenvalue weighted by Gasteiger charge is 2.29. The zero-order chi connectivity index (χ0) is 14.9. The van der Waals surface area contributed by atoms with Crippen molar-refractivity contribution in [1.82, 2.24) is 9.80 Å². The Balaban J connectivity index is 2.24. The minimum Gasteiger partial charge on any atom is -0.336 e. The zero-order valence-electron chi connectivity index (χ0n) is 11.5. The van der Waals surface area contributed by atoms with E-state index in [4.69, 9.17) is 0 Å². The predicted molar refractivity (Wildman–Crippen MR) is 76.7 cm³/mol. The predicted octanol–water partition coefficient (Wildman–Crippen LogP) is 2.89. The number of halogens is 3. The molecule has 0 N–H and O–H groups in total.